The summed E-state index contributed by atoms with van der Waals surface area (Å²) in [7, 11) is -3.09. The van der Waals surface area contributed by atoms with Gasteiger partial charge in [0.25, 0.3) is 0 Å². The van der Waals surface area contributed by atoms with E-state index >= 15 is 0 Å². The van der Waals surface area contributed by atoms with Crippen LogP contribution in [0.4, 0.5) is 0 Å². The van der Waals surface area contributed by atoms with Crippen molar-refractivity contribution in [2.24, 2.45) is 0 Å². The molecular formula is C7H17N3O3S. The molecule has 0 bridgehead atoms. The monoisotopic (exact) mass is 223 g/mol. The van der Waals surface area contributed by atoms with Gasteiger partial charge in [-0.15, -0.1) is 0 Å². The van der Waals surface area contributed by atoms with E-state index in [-0.39, 0.29) is 5.91 Å². The van der Waals surface area contributed by atoms with Crippen LogP contribution in [0.1, 0.15) is 6.92 Å². The lowest BCUT2D eigenvalue weighted by atomic mass is 10.5. The van der Waals surface area contributed by atoms with Crippen molar-refractivity contribution in [1.29, 1.82) is 0 Å². The summed E-state index contributed by atoms with van der Waals surface area (Å²) in [6, 6.07) is 0. The van der Waals surface area contributed by atoms with Gasteiger partial charge in [0.15, 0.2) is 0 Å². The van der Waals surface area contributed by atoms with Crippen molar-refractivity contribution in [2.75, 3.05) is 32.4 Å². The number of carbonyl (C=O) groups is 1. The lowest BCUT2D eigenvalue weighted by Gasteiger charge is -2.05. The molecule has 0 fully saturated rings. The van der Waals surface area contributed by atoms with E-state index in [1.54, 1.807) is 0 Å². The molecule has 0 aliphatic heterocycles. The van der Waals surface area contributed by atoms with Gasteiger partial charge in [-0.2, -0.15) is 0 Å². The van der Waals surface area contributed by atoms with Crippen LogP contribution in [0.5, 0.6) is 0 Å². The Balaban J connectivity index is 3.19. The molecule has 0 aromatic rings. The van der Waals surface area contributed by atoms with E-state index in [9.17, 15) is 13.2 Å². The molecule has 0 spiro atoms. The minimum atomic E-state index is -3.09. The third-order valence-electron chi connectivity index (χ3n) is 1.34. The van der Waals surface area contributed by atoms with Crippen LogP contribution in [0, 0.1) is 0 Å². The summed E-state index contributed by atoms with van der Waals surface area (Å²) in [6.45, 7) is 3.54. The lowest BCUT2D eigenvalue weighted by molar-refractivity contribution is -0.118. The fourth-order valence-electron chi connectivity index (χ4n) is 0.777. The molecule has 0 aromatic heterocycles. The Morgan fingerprint density at radius 2 is 1.71 bits per heavy atom. The first-order valence-electron chi connectivity index (χ1n) is 4.31. The topological polar surface area (TPSA) is 87.3 Å². The van der Waals surface area contributed by atoms with Gasteiger partial charge in [-0.05, 0) is 0 Å². The Kier molecular flexibility index (Phi) is 6.43. The molecule has 7 heteroatoms. The van der Waals surface area contributed by atoms with Crippen LogP contribution in [0.3, 0.4) is 0 Å². The van der Waals surface area contributed by atoms with E-state index < -0.39 is 10.0 Å². The van der Waals surface area contributed by atoms with E-state index in [0.29, 0.717) is 26.2 Å². The van der Waals surface area contributed by atoms with Gasteiger partial charge >= 0.3 is 0 Å². The van der Waals surface area contributed by atoms with Crippen molar-refractivity contribution >= 4 is 15.9 Å². The van der Waals surface area contributed by atoms with Gasteiger partial charge in [0.2, 0.25) is 15.9 Å². The molecule has 84 valence electrons. The zero-order valence-corrected chi connectivity index (χ0v) is 9.28. The maximum atomic E-state index is 10.6. The average molecular weight is 223 g/mol. The minimum absolute atomic E-state index is 0.0685. The summed E-state index contributed by atoms with van der Waals surface area (Å²) in [6.07, 6.45) is 1.12. The van der Waals surface area contributed by atoms with Gasteiger partial charge < -0.3 is 10.6 Å². The highest BCUT2D eigenvalue weighted by atomic mass is 32.2. The van der Waals surface area contributed by atoms with E-state index in [1.807, 2.05) is 0 Å². The highest BCUT2D eigenvalue weighted by molar-refractivity contribution is 7.88. The van der Waals surface area contributed by atoms with Gasteiger partial charge in [-0.1, -0.05) is 0 Å². The second-order valence-corrected chi connectivity index (χ2v) is 4.73. The first kappa shape index (κ1) is 13.3. The largest absolute Gasteiger partial charge is 0.355 e. The van der Waals surface area contributed by atoms with Crippen molar-refractivity contribution in [3.05, 3.63) is 0 Å². The van der Waals surface area contributed by atoms with Gasteiger partial charge in [0, 0.05) is 33.1 Å². The van der Waals surface area contributed by atoms with Crippen molar-refractivity contribution in [3.8, 4) is 0 Å². The van der Waals surface area contributed by atoms with E-state index in [2.05, 4.69) is 15.4 Å². The maximum Gasteiger partial charge on any atom is 0.216 e. The van der Waals surface area contributed by atoms with Crippen molar-refractivity contribution in [2.45, 2.75) is 6.92 Å². The highest BCUT2D eigenvalue weighted by Gasteiger charge is 1.97. The number of nitrogens with one attached hydrogen (secondary N) is 3. The number of carbonyl (C=O) groups excluding carboxylic acids is 1. The lowest BCUT2D eigenvalue weighted by Crippen LogP contribution is -2.35. The van der Waals surface area contributed by atoms with Gasteiger partial charge in [-0.3, -0.25) is 4.79 Å². The van der Waals surface area contributed by atoms with Crippen LogP contribution >= 0.6 is 0 Å². The van der Waals surface area contributed by atoms with E-state index in [4.69, 9.17) is 0 Å². The van der Waals surface area contributed by atoms with Crippen molar-refractivity contribution in [3.63, 3.8) is 0 Å². The fourth-order valence-corrected chi connectivity index (χ4v) is 1.25. The number of amides is 1. The van der Waals surface area contributed by atoms with Crippen LogP contribution in [0.15, 0.2) is 0 Å². The molecule has 0 radical (unpaired) electrons. The van der Waals surface area contributed by atoms with Crippen LogP contribution in [0.25, 0.3) is 0 Å². The number of sulfonamides is 1. The predicted molar refractivity (Wildman–Crippen MR) is 54.4 cm³/mol. The third kappa shape index (κ3) is 11.3. The third-order valence-corrected chi connectivity index (χ3v) is 2.07. The Hall–Kier alpha value is -0.660. The van der Waals surface area contributed by atoms with Crippen molar-refractivity contribution < 1.29 is 13.2 Å². The Labute approximate surface area is 84.5 Å². The van der Waals surface area contributed by atoms with Gasteiger partial charge in [0.1, 0.15) is 0 Å². The average Bonchev–Trinajstić information content (AvgIpc) is 2.00. The van der Waals surface area contributed by atoms with Crippen molar-refractivity contribution in [1.82, 2.24) is 15.4 Å². The molecule has 14 heavy (non-hydrogen) atoms. The molecule has 0 heterocycles. The molecule has 0 aliphatic rings. The van der Waals surface area contributed by atoms with Crippen LogP contribution in [-0.4, -0.2) is 46.8 Å². The molecule has 0 unspecified atom stereocenters. The molecule has 0 aliphatic carbocycles. The number of rotatable bonds is 7. The van der Waals surface area contributed by atoms with Crippen LogP contribution in [0.2, 0.25) is 0 Å². The summed E-state index contributed by atoms with van der Waals surface area (Å²) in [5.41, 5.74) is 0. The summed E-state index contributed by atoms with van der Waals surface area (Å²) >= 11 is 0. The second-order valence-electron chi connectivity index (χ2n) is 2.90. The van der Waals surface area contributed by atoms with Gasteiger partial charge in [-0.25, -0.2) is 13.1 Å². The molecule has 0 saturated heterocycles. The smallest absolute Gasteiger partial charge is 0.216 e. The molecule has 0 atom stereocenters. The molecular weight excluding hydrogens is 206 g/mol. The first-order chi connectivity index (χ1) is 6.42. The predicted octanol–water partition coefficient (Wildman–Crippen LogP) is -1.74. The summed E-state index contributed by atoms with van der Waals surface area (Å²) in [5.74, 6) is -0.0685. The second kappa shape index (κ2) is 6.74. The Morgan fingerprint density at radius 3 is 2.21 bits per heavy atom. The van der Waals surface area contributed by atoms with Crippen LogP contribution < -0.4 is 15.4 Å². The summed E-state index contributed by atoms with van der Waals surface area (Å²) in [5, 5.41) is 5.58. The van der Waals surface area contributed by atoms with E-state index in [1.165, 1.54) is 6.92 Å². The molecule has 0 rings (SSSR count). The molecule has 0 aromatic carbocycles. The Morgan fingerprint density at radius 1 is 1.14 bits per heavy atom. The fraction of sp³-hybridized carbons (Fsp3) is 0.857. The molecule has 1 amide bonds. The zero-order valence-electron chi connectivity index (χ0n) is 8.46. The minimum Gasteiger partial charge on any atom is -0.355 e. The summed E-state index contributed by atoms with van der Waals surface area (Å²) in [4.78, 5) is 10.4. The maximum absolute atomic E-state index is 10.6. The zero-order chi connectivity index (χ0) is 11.0. The van der Waals surface area contributed by atoms with Crippen LogP contribution in [-0.2, 0) is 14.8 Å². The SMILES string of the molecule is CC(=O)NCCNCCNS(C)(=O)=O. The van der Waals surface area contributed by atoms with Gasteiger partial charge in [0.05, 0.1) is 6.26 Å². The standard InChI is InChI=1S/C7H17N3O3S/c1-7(11)9-5-3-8-4-6-10-14(2,12)13/h8,10H,3-6H2,1-2H3,(H,9,11). The molecule has 3 N–H and O–H groups in total. The van der Waals surface area contributed by atoms with E-state index in [0.717, 1.165) is 6.26 Å². The first-order valence-corrected chi connectivity index (χ1v) is 6.21. The number of hydrogen-bond donors (Lipinski definition) is 3. The summed E-state index contributed by atoms with van der Waals surface area (Å²) < 4.78 is 23.6. The Bertz CT molecular complexity index is 263. The quantitative estimate of drug-likeness (QED) is 0.447. The number of hydrogen-bond acceptors (Lipinski definition) is 4. The normalized spacial score (nSPS) is 11.3. The molecule has 0 saturated carbocycles. The highest BCUT2D eigenvalue weighted by Crippen LogP contribution is 1.70. The molecule has 6 nitrogen and oxygen atoms in total.